The molecule has 0 radical (unpaired) electrons. The molecule has 0 atom stereocenters. The zero-order chi connectivity index (χ0) is 19.3. The summed E-state index contributed by atoms with van der Waals surface area (Å²) in [4.78, 5) is 31.1. The summed E-state index contributed by atoms with van der Waals surface area (Å²) in [6.45, 7) is 5.41. The van der Waals surface area contributed by atoms with Crippen molar-refractivity contribution in [1.29, 1.82) is 0 Å². The van der Waals surface area contributed by atoms with Crippen molar-refractivity contribution in [3.8, 4) is 11.3 Å². The maximum atomic E-state index is 12.1. The summed E-state index contributed by atoms with van der Waals surface area (Å²) < 4.78 is 9.92. The van der Waals surface area contributed by atoms with Crippen LogP contribution in [-0.4, -0.2) is 28.1 Å². The van der Waals surface area contributed by atoms with E-state index in [2.05, 4.69) is 20.0 Å². The third-order valence-electron chi connectivity index (χ3n) is 2.95. The average Bonchev–Trinajstić information content (AvgIpc) is 2.54. The van der Waals surface area contributed by atoms with Crippen LogP contribution in [0.3, 0.4) is 0 Å². The second kappa shape index (κ2) is 8.33. The largest absolute Gasteiger partial charge is 0.461 e. The minimum absolute atomic E-state index is 0.0942. The van der Waals surface area contributed by atoms with Crippen LogP contribution in [-0.2, 0) is 20.9 Å². The van der Waals surface area contributed by atoms with Crippen LogP contribution < -0.4 is 5.32 Å². The van der Waals surface area contributed by atoms with Crippen molar-refractivity contribution in [2.75, 3.05) is 5.32 Å². The maximum absolute atomic E-state index is 12.1. The van der Waals surface area contributed by atoms with E-state index in [1.807, 2.05) is 0 Å². The number of amides is 1. The van der Waals surface area contributed by atoms with Gasteiger partial charge in [-0.05, 0) is 26.8 Å². The van der Waals surface area contributed by atoms with Crippen LogP contribution in [0, 0.1) is 0 Å². The Morgan fingerprint density at radius 3 is 2.69 bits per heavy atom. The van der Waals surface area contributed by atoms with Crippen LogP contribution in [0.4, 0.5) is 10.6 Å². The lowest BCUT2D eigenvalue weighted by molar-refractivity contribution is -0.129. The summed E-state index contributed by atoms with van der Waals surface area (Å²) in [5.74, 6) is 0.107. The highest BCUT2D eigenvalue weighted by molar-refractivity contribution is 6.43. The molecule has 1 N–H and O–H groups in total. The molecule has 2 rings (SSSR count). The molecule has 1 aromatic carbocycles. The van der Waals surface area contributed by atoms with Crippen LogP contribution in [0.2, 0.25) is 10.0 Å². The standard InChI is InChI=1S/C17H17Cl2N3O4/c1-17(2,3)26-16(24)22-15-14(11-5-4-6-12(18)13(11)19)20-7-10(21-15)8-25-9-23/h4-7,9H,8H2,1-3H3,(H,21,22,24). The Bertz CT molecular complexity index is 822. The van der Waals surface area contributed by atoms with Crippen LogP contribution in [0.5, 0.6) is 0 Å². The predicted octanol–water partition coefficient (Wildman–Crippen LogP) is 4.47. The van der Waals surface area contributed by atoms with Gasteiger partial charge in [-0.15, -0.1) is 0 Å². The van der Waals surface area contributed by atoms with Crippen LogP contribution in [0.25, 0.3) is 11.3 Å². The Balaban J connectivity index is 2.44. The maximum Gasteiger partial charge on any atom is 0.413 e. The molecule has 1 aromatic heterocycles. The van der Waals surface area contributed by atoms with E-state index in [1.54, 1.807) is 39.0 Å². The van der Waals surface area contributed by atoms with E-state index in [-0.39, 0.29) is 17.4 Å². The molecular formula is C17H17Cl2N3O4. The van der Waals surface area contributed by atoms with Gasteiger partial charge in [0.2, 0.25) is 0 Å². The van der Waals surface area contributed by atoms with Crippen molar-refractivity contribution >= 4 is 41.6 Å². The number of halogens is 2. The Hall–Kier alpha value is -2.38. The average molecular weight is 398 g/mol. The van der Waals surface area contributed by atoms with Crippen LogP contribution >= 0.6 is 23.2 Å². The van der Waals surface area contributed by atoms with Gasteiger partial charge in [0.25, 0.3) is 6.47 Å². The summed E-state index contributed by atoms with van der Waals surface area (Å²) in [5, 5.41) is 3.16. The Labute approximate surface area is 160 Å². The van der Waals surface area contributed by atoms with E-state index in [0.29, 0.717) is 28.4 Å². The van der Waals surface area contributed by atoms with Crippen molar-refractivity contribution in [2.24, 2.45) is 0 Å². The molecule has 0 aliphatic rings. The normalized spacial score (nSPS) is 11.0. The smallest absolute Gasteiger partial charge is 0.413 e. The molecule has 0 fully saturated rings. The first-order valence-electron chi connectivity index (χ1n) is 7.57. The first-order valence-corrected chi connectivity index (χ1v) is 8.32. The van der Waals surface area contributed by atoms with Crippen LogP contribution in [0.15, 0.2) is 24.4 Å². The number of nitrogens with zero attached hydrogens (tertiary/aromatic N) is 2. The van der Waals surface area contributed by atoms with Gasteiger partial charge in [0, 0.05) is 5.56 Å². The molecule has 0 aliphatic heterocycles. The lowest BCUT2D eigenvalue weighted by Crippen LogP contribution is -2.28. The van der Waals surface area contributed by atoms with Crippen molar-refractivity contribution < 1.29 is 19.1 Å². The van der Waals surface area contributed by atoms with E-state index in [4.69, 9.17) is 27.9 Å². The molecule has 1 heterocycles. The highest BCUT2D eigenvalue weighted by Gasteiger charge is 2.20. The number of anilines is 1. The zero-order valence-electron chi connectivity index (χ0n) is 14.4. The molecule has 0 saturated heterocycles. The number of aromatic nitrogens is 2. The molecule has 2 aromatic rings. The van der Waals surface area contributed by atoms with E-state index in [9.17, 15) is 9.59 Å². The van der Waals surface area contributed by atoms with Gasteiger partial charge in [-0.3, -0.25) is 15.1 Å². The number of carbonyl (C=O) groups excluding carboxylic acids is 2. The summed E-state index contributed by atoms with van der Waals surface area (Å²) >= 11 is 12.3. The summed E-state index contributed by atoms with van der Waals surface area (Å²) in [7, 11) is 0. The van der Waals surface area contributed by atoms with Gasteiger partial charge in [0.15, 0.2) is 5.82 Å². The van der Waals surface area contributed by atoms with E-state index in [0.717, 1.165) is 0 Å². The molecule has 0 aliphatic carbocycles. The molecular weight excluding hydrogens is 381 g/mol. The number of nitrogens with one attached hydrogen (secondary N) is 1. The number of hydrogen-bond donors (Lipinski definition) is 1. The summed E-state index contributed by atoms with van der Waals surface area (Å²) in [5.41, 5.74) is 0.438. The van der Waals surface area contributed by atoms with Crippen molar-refractivity contribution in [3.05, 3.63) is 40.1 Å². The van der Waals surface area contributed by atoms with E-state index >= 15 is 0 Å². The Kier molecular flexibility index (Phi) is 6.39. The monoisotopic (exact) mass is 397 g/mol. The molecule has 0 bridgehead atoms. The fourth-order valence-corrected chi connectivity index (χ4v) is 2.38. The number of benzene rings is 1. The number of hydrogen-bond acceptors (Lipinski definition) is 6. The molecule has 0 saturated carbocycles. The quantitative estimate of drug-likeness (QED) is 0.748. The minimum atomic E-state index is -0.709. The highest BCUT2D eigenvalue weighted by atomic mass is 35.5. The fraction of sp³-hybridized carbons (Fsp3) is 0.294. The second-order valence-corrected chi connectivity index (χ2v) is 6.98. The SMILES string of the molecule is CC(C)(C)OC(=O)Nc1nc(COC=O)cnc1-c1cccc(Cl)c1Cl. The molecule has 7 nitrogen and oxygen atoms in total. The third kappa shape index (κ3) is 5.31. The predicted molar refractivity (Wildman–Crippen MR) is 98.2 cm³/mol. The van der Waals surface area contributed by atoms with Crippen LogP contribution in [0.1, 0.15) is 26.5 Å². The van der Waals surface area contributed by atoms with Crippen molar-refractivity contribution in [3.63, 3.8) is 0 Å². The molecule has 26 heavy (non-hydrogen) atoms. The molecule has 9 heteroatoms. The molecule has 0 unspecified atom stereocenters. The summed E-state index contributed by atoms with van der Waals surface area (Å²) in [6.07, 6.45) is 0.704. The van der Waals surface area contributed by atoms with E-state index in [1.165, 1.54) is 6.20 Å². The third-order valence-corrected chi connectivity index (χ3v) is 3.77. The fourth-order valence-electron chi connectivity index (χ4n) is 1.99. The number of rotatable bonds is 5. The number of carbonyl (C=O) groups is 2. The zero-order valence-corrected chi connectivity index (χ0v) is 15.9. The lowest BCUT2D eigenvalue weighted by Gasteiger charge is -2.20. The Morgan fingerprint density at radius 1 is 1.31 bits per heavy atom. The van der Waals surface area contributed by atoms with Crippen molar-refractivity contribution in [1.82, 2.24) is 9.97 Å². The summed E-state index contributed by atoms with van der Waals surface area (Å²) in [6, 6.07) is 5.03. The van der Waals surface area contributed by atoms with Gasteiger partial charge in [-0.2, -0.15) is 0 Å². The minimum Gasteiger partial charge on any atom is -0.461 e. The first kappa shape index (κ1) is 19.9. The first-order chi connectivity index (χ1) is 12.2. The number of ether oxygens (including phenoxy) is 2. The van der Waals surface area contributed by atoms with Crippen molar-refractivity contribution in [2.45, 2.75) is 33.0 Å². The van der Waals surface area contributed by atoms with Gasteiger partial charge < -0.3 is 9.47 Å². The molecule has 0 spiro atoms. The van der Waals surface area contributed by atoms with Gasteiger partial charge in [0.1, 0.15) is 17.9 Å². The van der Waals surface area contributed by atoms with Gasteiger partial charge in [-0.1, -0.05) is 35.3 Å². The molecule has 1 amide bonds. The van der Waals surface area contributed by atoms with Gasteiger partial charge >= 0.3 is 6.09 Å². The highest BCUT2D eigenvalue weighted by Crippen LogP contribution is 2.35. The second-order valence-electron chi connectivity index (χ2n) is 6.19. The topological polar surface area (TPSA) is 90.4 Å². The van der Waals surface area contributed by atoms with Gasteiger partial charge in [-0.25, -0.2) is 9.78 Å². The molecule has 138 valence electrons. The van der Waals surface area contributed by atoms with Gasteiger partial charge in [0.05, 0.1) is 21.9 Å². The van der Waals surface area contributed by atoms with E-state index < -0.39 is 11.7 Å². The lowest BCUT2D eigenvalue weighted by atomic mass is 10.1. The Morgan fingerprint density at radius 2 is 2.04 bits per heavy atom.